The zero-order valence-corrected chi connectivity index (χ0v) is 21.5. The number of benzene rings is 7. The number of rotatable bonds is 2. The first-order valence-corrected chi connectivity index (χ1v) is 13.5. The summed E-state index contributed by atoms with van der Waals surface area (Å²) in [6, 6.07) is 43.0. The van der Waals surface area contributed by atoms with Crippen LogP contribution in [0, 0.1) is 0 Å². The predicted molar refractivity (Wildman–Crippen MR) is 166 cm³/mol. The minimum atomic E-state index is 1.03. The van der Waals surface area contributed by atoms with Crippen LogP contribution in [0.15, 0.2) is 134 Å². The molecular weight excluding hydrogens is 488 g/mol. The van der Waals surface area contributed by atoms with Gasteiger partial charge in [-0.05, 0) is 45.8 Å². The Morgan fingerprint density at radius 2 is 0.625 bits per heavy atom. The third kappa shape index (κ3) is 2.85. The van der Waals surface area contributed by atoms with Crippen LogP contribution in [-0.4, -0.2) is 19.1 Å². The van der Waals surface area contributed by atoms with Crippen LogP contribution < -0.4 is 0 Å². The Hall–Kier alpha value is -5.48. The molecule has 0 unspecified atom stereocenters. The number of aromatic nitrogens is 4. The van der Waals surface area contributed by atoms with Gasteiger partial charge in [0.2, 0.25) is 0 Å². The van der Waals surface area contributed by atoms with Crippen LogP contribution in [0.25, 0.3) is 76.5 Å². The van der Waals surface area contributed by atoms with Gasteiger partial charge >= 0.3 is 0 Å². The van der Waals surface area contributed by atoms with Gasteiger partial charge < -0.3 is 0 Å². The summed E-state index contributed by atoms with van der Waals surface area (Å²) in [4.78, 5) is 9.79. The monoisotopic (exact) mass is 510 g/mol. The topological polar surface area (TPSA) is 35.6 Å². The van der Waals surface area contributed by atoms with Crippen LogP contribution in [0.4, 0.5) is 0 Å². The maximum atomic E-state index is 4.90. The van der Waals surface area contributed by atoms with Crippen LogP contribution in [0.1, 0.15) is 0 Å². The molecule has 4 heteroatoms. The highest BCUT2D eigenvalue weighted by atomic mass is 15.1. The van der Waals surface area contributed by atoms with Gasteiger partial charge in [-0.25, -0.2) is 9.97 Å². The predicted octanol–water partition coefficient (Wildman–Crippen LogP) is 8.98. The molecule has 4 nitrogen and oxygen atoms in total. The Morgan fingerprint density at radius 1 is 0.325 bits per heavy atom. The van der Waals surface area contributed by atoms with Gasteiger partial charge in [0, 0.05) is 32.9 Å². The molecule has 0 N–H and O–H groups in total. The highest BCUT2D eigenvalue weighted by Gasteiger charge is 2.16. The van der Waals surface area contributed by atoms with Gasteiger partial charge in [-0.3, -0.25) is 9.13 Å². The SMILES string of the molecule is c1ccc2c(c1)c1ccccc1c1c2ncn1-c1ccc(-n2cnc3c4ccccc4c4ccccc4c32)cc1. The van der Waals surface area contributed by atoms with Gasteiger partial charge in [-0.15, -0.1) is 0 Å². The first kappa shape index (κ1) is 21.5. The Bertz CT molecular complexity index is 2250. The lowest BCUT2D eigenvalue weighted by Gasteiger charge is -2.12. The van der Waals surface area contributed by atoms with Crippen molar-refractivity contribution in [1.82, 2.24) is 19.1 Å². The van der Waals surface area contributed by atoms with E-state index < -0.39 is 0 Å². The standard InChI is InChI=1S/C36H22N4/c1-5-13-29-25(9-1)27-11-3-7-15-31(27)35-33(29)37-21-39(35)23-17-19-24(20-18-23)40-22-38-34-30-14-6-2-10-26(30)28-12-4-8-16-32(28)36(34)40/h1-22H. The highest BCUT2D eigenvalue weighted by Crippen LogP contribution is 2.37. The fourth-order valence-corrected chi connectivity index (χ4v) is 6.47. The minimum Gasteiger partial charge on any atom is -0.298 e. The van der Waals surface area contributed by atoms with E-state index in [0.717, 1.165) is 33.4 Å². The van der Waals surface area contributed by atoms with Gasteiger partial charge in [0.05, 0.1) is 22.1 Å². The van der Waals surface area contributed by atoms with Crippen molar-refractivity contribution in [2.45, 2.75) is 0 Å². The van der Waals surface area contributed by atoms with E-state index in [1.807, 2.05) is 12.7 Å². The van der Waals surface area contributed by atoms with Crippen molar-refractivity contribution in [2.75, 3.05) is 0 Å². The molecule has 0 amide bonds. The molecule has 40 heavy (non-hydrogen) atoms. The first-order chi connectivity index (χ1) is 19.9. The number of fused-ring (bicyclic) bond motifs is 12. The molecule has 0 aliphatic rings. The second-order valence-corrected chi connectivity index (χ2v) is 10.3. The molecule has 0 spiro atoms. The number of imidazole rings is 2. The zero-order valence-electron chi connectivity index (χ0n) is 21.5. The van der Waals surface area contributed by atoms with Gasteiger partial charge in [-0.2, -0.15) is 0 Å². The molecule has 2 aromatic heterocycles. The summed E-state index contributed by atoms with van der Waals surface area (Å²) in [5, 5.41) is 9.72. The van der Waals surface area contributed by atoms with E-state index in [1.165, 1.54) is 43.1 Å². The molecule has 0 bridgehead atoms. The van der Waals surface area contributed by atoms with Crippen molar-refractivity contribution in [3.05, 3.63) is 134 Å². The number of hydrogen-bond acceptors (Lipinski definition) is 2. The van der Waals surface area contributed by atoms with Crippen LogP contribution in [-0.2, 0) is 0 Å². The molecule has 186 valence electrons. The second-order valence-electron chi connectivity index (χ2n) is 10.3. The first-order valence-electron chi connectivity index (χ1n) is 13.5. The smallest absolute Gasteiger partial charge is 0.100 e. The summed E-state index contributed by atoms with van der Waals surface area (Å²) in [7, 11) is 0. The second kappa shape index (κ2) is 8.01. The molecule has 9 aromatic rings. The lowest BCUT2D eigenvalue weighted by atomic mass is 10.00. The van der Waals surface area contributed by atoms with Crippen LogP contribution >= 0.6 is 0 Å². The normalized spacial score (nSPS) is 12.0. The van der Waals surface area contributed by atoms with Crippen LogP contribution in [0.2, 0.25) is 0 Å². The van der Waals surface area contributed by atoms with E-state index in [4.69, 9.17) is 9.97 Å². The highest BCUT2D eigenvalue weighted by molar-refractivity contribution is 6.24. The Balaban J connectivity index is 1.26. The molecule has 0 radical (unpaired) electrons. The zero-order chi connectivity index (χ0) is 26.2. The molecule has 2 heterocycles. The molecule has 0 aliphatic carbocycles. The van der Waals surface area contributed by atoms with E-state index in [1.54, 1.807) is 0 Å². The van der Waals surface area contributed by atoms with Crippen molar-refractivity contribution in [2.24, 2.45) is 0 Å². The molecule has 0 saturated carbocycles. The van der Waals surface area contributed by atoms with Crippen molar-refractivity contribution in [1.29, 1.82) is 0 Å². The van der Waals surface area contributed by atoms with Gasteiger partial charge in [0.25, 0.3) is 0 Å². The van der Waals surface area contributed by atoms with Crippen molar-refractivity contribution >= 4 is 65.2 Å². The number of hydrogen-bond donors (Lipinski definition) is 0. The van der Waals surface area contributed by atoms with Gasteiger partial charge in [0.1, 0.15) is 12.7 Å². The van der Waals surface area contributed by atoms with Crippen LogP contribution in [0.5, 0.6) is 0 Å². The number of nitrogens with zero attached hydrogens (tertiary/aromatic N) is 4. The van der Waals surface area contributed by atoms with Crippen LogP contribution in [0.3, 0.4) is 0 Å². The third-order valence-corrected chi connectivity index (χ3v) is 8.25. The fraction of sp³-hybridized carbons (Fsp3) is 0. The van der Waals surface area contributed by atoms with E-state index in [0.29, 0.717) is 0 Å². The summed E-state index contributed by atoms with van der Waals surface area (Å²) < 4.78 is 4.42. The summed E-state index contributed by atoms with van der Waals surface area (Å²) in [6.07, 6.45) is 3.90. The summed E-state index contributed by atoms with van der Waals surface area (Å²) >= 11 is 0. The van der Waals surface area contributed by atoms with E-state index >= 15 is 0 Å². The minimum absolute atomic E-state index is 1.03. The summed E-state index contributed by atoms with van der Waals surface area (Å²) in [6.45, 7) is 0. The molecule has 0 saturated heterocycles. The summed E-state index contributed by atoms with van der Waals surface area (Å²) in [5.41, 5.74) is 6.47. The summed E-state index contributed by atoms with van der Waals surface area (Å²) in [5.74, 6) is 0. The Morgan fingerprint density at radius 3 is 1.00 bits per heavy atom. The lowest BCUT2D eigenvalue weighted by molar-refractivity contribution is 1.07. The quantitative estimate of drug-likeness (QED) is 0.218. The molecule has 0 aliphatic heterocycles. The fourth-order valence-electron chi connectivity index (χ4n) is 6.47. The molecular formula is C36H22N4. The van der Waals surface area contributed by atoms with E-state index in [2.05, 4.69) is 130 Å². The maximum absolute atomic E-state index is 4.90. The van der Waals surface area contributed by atoms with Gasteiger partial charge in [-0.1, -0.05) is 97.1 Å². The van der Waals surface area contributed by atoms with Crippen molar-refractivity contribution in [3.63, 3.8) is 0 Å². The third-order valence-electron chi connectivity index (χ3n) is 8.25. The maximum Gasteiger partial charge on any atom is 0.100 e. The van der Waals surface area contributed by atoms with Crippen molar-refractivity contribution < 1.29 is 0 Å². The Kier molecular flexibility index (Phi) is 4.30. The van der Waals surface area contributed by atoms with E-state index in [9.17, 15) is 0 Å². The van der Waals surface area contributed by atoms with E-state index in [-0.39, 0.29) is 0 Å². The molecule has 7 aromatic carbocycles. The average Bonchev–Trinajstić information content (AvgIpc) is 3.68. The molecule has 0 fully saturated rings. The molecule has 9 rings (SSSR count). The largest absolute Gasteiger partial charge is 0.298 e. The van der Waals surface area contributed by atoms with Gasteiger partial charge in [0.15, 0.2) is 0 Å². The average molecular weight is 511 g/mol. The lowest BCUT2D eigenvalue weighted by Crippen LogP contribution is -1.96. The molecule has 0 atom stereocenters. The van der Waals surface area contributed by atoms with Crippen molar-refractivity contribution in [3.8, 4) is 11.4 Å². The Labute approximate surface area is 229 Å².